The summed E-state index contributed by atoms with van der Waals surface area (Å²) in [7, 11) is 0. The molecule has 9 heteroatoms. The lowest BCUT2D eigenvalue weighted by molar-refractivity contribution is -0.125. The van der Waals surface area contributed by atoms with Gasteiger partial charge in [0.05, 0.1) is 11.4 Å². The summed E-state index contributed by atoms with van der Waals surface area (Å²) < 4.78 is 14.9. The molecule has 1 aromatic heterocycles. The molecule has 4 aromatic rings. The summed E-state index contributed by atoms with van der Waals surface area (Å²) in [6.45, 7) is 0.421. The highest BCUT2D eigenvalue weighted by Crippen LogP contribution is 2.36. The van der Waals surface area contributed by atoms with Gasteiger partial charge in [0.25, 0.3) is 5.91 Å². The summed E-state index contributed by atoms with van der Waals surface area (Å²) in [6.07, 6.45) is 1.89. The maximum Gasteiger partial charge on any atom is 0.352 e. The number of aromatic amines is 1. The van der Waals surface area contributed by atoms with Gasteiger partial charge in [-0.1, -0.05) is 48.5 Å². The van der Waals surface area contributed by atoms with Gasteiger partial charge in [0.1, 0.15) is 11.5 Å². The Kier molecular flexibility index (Phi) is 5.60. The van der Waals surface area contributed by atoms with Crippen LogP contribution in [-0.4, -0.2) is 46.3 Å². The maximum absolute atomic E-state index is 14.9. The Morgan fingerprint density at radius 1 is 1.05 bits per heavy atom. The minimum Gasteiger partial charge on any atom is -0.477 e. The first-order chi connectivity index (χ1) is 18.4. The molecule has 2 amide bonds. The molecule has 38 heavy (non-hydrogen) atoms. The minimum atomic E-state index is -1.30. The van der Waals surface area contributed by atoms with E-state index in [9.17, 15) is 23.9 Å². The van der Waals surface area contributed by atoms with E-state index in [0.29, 0.717) is 40.7 Å². The number of hydrogen-bond acceptors (Lipinski definition) is 4. The maximum atomic E-state index is 14.9. The van der Waals surface area contributed by atoms with E-state index in [1.165, 1.54) is 18.2 Å². The molecule has 0 saturated carbocycles. The van der Waals surface area contributed by atoms with E-state index >= 15 is 0 Å². The van der Waals surface area contributed by atoms with Crippen LogP contribution in [0.25, 0.3) is 17.0 Å². The number of anilines is 1. The molecular formula is C29H21FN4O4. The van der Waals surface area contributed by atoms with Crippen LogP contribution >= 0.6 is 0 Å². The number of carbonyl (C=O) groups is 3. The number of aliphatic imine (C=N–C) groups is 1. The Balaban J connectivity index is 1.38. The molecule has 188 valence electrons. The van der Waals surface area contributed by atoms with Crippen LogP contribution in [0.4, 0.5) is 10.1 Å². The molecule has 1 unspecified atom stereocenters. The van der Waals surface area contributed by atoms with Gasteiger partial charge in [0.15, 0.2) is 0 Å². The standard InChI is InChI=1S/C29H21FN4O4/c30-21-10-3-1-8-19(21)24-20-9-5-6-16-14-15-34(26(16)20)28(36)27(33-24)32-23(35)13-12-18-17-7-2-4-11-22(17)31-25(18)29(37)38/h1-13,27,31H,14-15H2,(H,32,35)(H,37,38)/b13-12+. The molecule has 3 aromatic carbocycles. The Morgan fingerprint density at radius 2 is 1.82 bits per heavy atom. The van der Waals surface area contributed by atoms with Crippen LogP contribution in [0.1, 0.15) is 32.7 Å². The van der Waals surface area contributed by atoms with E-state index < -0.39 is 29.8 Å². The van der Waals surface area contributed by atoms with Crippen LogP contribution in [0.15, 0.2) is 77.8 Å². The molecule has 1 atom stereocenters. The van der Waals surface area contributed by atoms with Crippen LogP contribution in [0.3, 0.4) is 0 Å². The molecule has 0 radical (unpaired) electrons. The van der Waals surface area contributed by atoms with Gasteiger partial charge in [0, 0.05) is 40.2 Å². The first-order valence-electron chi connectivity index (χ1n) is 12.0. The SMILES string of the molecule is O=C(/C=C/c1c(C(=O)O)[nH]c2ccccc12)NC1N=C(c2ccccc2F)c2cccc3c2N(CC3)C1=O. The Hall–Kier alpha value is -5.05. The number of carboxylic acids is 1. The van der Waals surface area contributed by atoms with Crippen molar-refractivity contribution in [3.63, 3.8) is 0 Å². The fourth-order valence-corrected chi connectivity index (χ4v) is 5.08. The third-order valence-corrected chi connectivity index (χ3v) is 6.78. The number of nitrogens with zero attached hydrogens (tertiary/aromatic N) is 2. The number of aromatic nitrogens is 1. The third kappa shape index (κ3) is 3.85. The lowest BCUT2D eigenvalue weighted by atomic mass is 9.98. The van der Waals surface area contributed by atoms with E-state index in [1.54, 1.807) is 53.4 Å². The summed E-state index contributed by atoms with van der Waals surface area (Å²) in [5.74, 6) is -2.73. The van der Waals surface area contributed by atoms with Crippen molar-refractivity contribution >= 4 is 46.2 Å². The van der Waals surface area contributed by atoms with E-state index in [1.807, 2.05) is 12.1 Å². The fourth-order valence-electron chi connectivity index (χ4n) is 5.08. The second-order valence-electron chi connectivity index (χ2n) is 9.02. The van der Waals surface area contributed by atoms with Crippen molar-refractivity contribution in [2.75, 3.05) is 11.4 Å². The zero-order valence-corrected chi connectivity index (χ0v) is 19.9. The Bertz CT molecular complexity index is 1700. The molecule has 2 aliphatic heterocycles. The van der Waals surface area contributed by atoms with Crippen molar-refractivity contribution in [1.82, 2.24) is 10.3 Å². The van der Waals surface area contributed by atoms with Gasteiger partial charge < -0.3 is 20.3 Å². The molecule has 2 aliphatic rings. The Labute approximate surface area is 216 Å². The van der Waals surface area contributed by atoms with E-state index in [-0.39, 0.29) is 17.0 Å². The number of benzene rings is 3. The van der Waals surface area contributed by atoms with Crippen LogP contribution in [0.5, 0.6) is 0 Å². The minimum absolute atomic E-state index is 0.0549. The van der Waals surface area contributed by atoms with Crippen molar-refractivity contribution in [2.24, 2.45) is 4.99 Å². The average Bonchev–Trinajstić information content (AvgIpc) is 3.49. The van der Waals surface area contributed by atoms with Gasteiger partial charge in [-0.25, -0.2) is 14.2 Å². The van der Waals surface area contributed by atoms with Gasteiger partial charge in [-0.05, 0) is 36.3 Å². The largest absolute Gasteiger partial charge is 0.477 e. The third-order valence-electron chi connectivity index (χ3n) is 6.78. The van der Waals surface area contributed by atoms with E-state index in [2.05, 4.69) is 15.3 Å². The zero-order valence-electron chi connectivity index (χ0n) is 19.9. The number of aromatic carboxylic acids is 1. The summed E-state index contributed by atoms with van der Waals surface area (Å²) in [6, 6.07) is 18.8. The van der Waals surface area contributed by atoms with E-state index in [4.69, 9.17) is 0 Å². The van der Waals surface area contributed by atoms with Crippen LogP contribution in [0, 0.1) is 5.82 Å². The van der Waals surface area contributed by atoms with Crippen molar-refractivity contribution in [1.29, 1.82) is 0 Å². The van der Waals surface area contributed by atoms with Crippen molar-refractivity contribution in [3.05, 3.63) is 107 Å². The number of carboxylic acid groups (broad SMARTS) is 1. The van der Waals surface area contributed by atoms with Crippen LogP contribution < -0.4 is 10.2 Å². The zero-order chi connectivity index (χ0) is 26.4. The second kappa shape index (κ2) is 9.11. The highest BCUT2D eigenvalue weighted by atomic mass is 19.1. The second-order valence-corrected chi connectivity index (χ2v) is 9.02. The number of H-pyrrole nitrogens is 1. The predicted octanol–water partition coefficient (Wildman–Crippen LogP) is 3.90. The summed E-state index contributed by atoms with van der Waals surface area (Å²) >= 11 is 0. The van der Waals surface area contributed by atoms with Crippen molar-refractivity contribution in [2.45, 2.75) is 12.6 Å². The molecule has 8 nitrogen and oxygen atoms in total. The topological polar surface area (TPSA) is 115 Å². The van der Waals surface area contributed by atoms with Gasteiger partial charge in [-0.3, -0.25) is 9.59 Å². The average molecular weight is 509 g/mol. The smallest absolute Gasteiger partial charge is 0.352 e. The summed E-state index contributed by atoms with van der Waals surface area (Å²) in [4.78, 5) is 47.3. The quantitative estimate of drug-likeness (QED) is 0.355. The number of fused-ring (bicyclic) bond motifs is 1. The molecule has 0 fully saturated rings. The highest BCUT2D eigenvalue weighted by Gasteiger charge is 2.37. The first-order valence-corrected chi connectivity index (χ1v) is 12.0. The lowest BCUT2D eigenvalue weighted by Gasteiger charge is -2.20. The van der Waals surface area contributed by atoms with E-state index in [0.717, 1.165) is 5.56 Å². The normalized spacial score (nSPS) is 16.4. The van der Waals surface area contributed by atoms with Crippen LogP contribution in [0.2, 0.25) is 0 Å². The van der Waals surface area contributed by atoms with Gasteiger partial charge >= 0.3 is 5.97 Å². The monoisotopic (exact) mass is 508 g/mol. The van der Waals surface area contributed by atoms with Gasteiger partial charge in [0.2, 0.25) is 12.1 Å². The molecular weight excluding hydrogens is 487 g/mol. The molecule has 0 bridgehead atoms. The number of nitrogens with one attached hydrogen (secondary N) is 2. The molecule has 3 heterocycles. The number of hydrogen-bond donors (Lipinski definition) is 3. The number of amides is 2. The van der Waals surface area contributed by atoms with Crippen molar-refractivity contribution < 1.29 is 23.9 Å². The Morgan fingerprint density at radius 3 is 2.63 bits per heavy atom. The van der Waals surface area contributed by atoms with Gasteiger partial charge in [-0.15, -0.1) is 0 Å². The van der Waals surface area contributed by atoms with Crippen LogP contribution in [-0.2, 0) is 16.0 Å². The number of para-hydroxylation sites is 2. The molecule has 0 spiro atoms. The van der Waals surface area contributed by atoms with Gasteiger partial charge in [-0.2, -0.15) is 0 Å². The number of carbonyl (C=O) groups excluding carboxylic acids is 2. The van der Waals surface area contributed by atoms with Crippen molar-refractivity contribution in [3.8, 4) is 0 Å². The summed E-state index contributed by atoms with van der Waals surface area (Å²) in [5.41, 5.74) is 3.65. The molecule has 3 N–H and O–H groups in total. The fraction of sp³-hybridized carbons (Fsp3) is 0.103. The molecule has 0 saturated heterocycles. The molecule has 0 aliphatic carbocycles. The predicted molar refractivity (Wildman–Crippen MR) is 141 cm³/mol. The first kappa shape index (κ1) is 23.4. The molecule has 6 rings (SSSR count). The number of halogens is 1. The summed E-state index contributed by atoms with van der Waals surface area (Å²) in [5, 5.41) is 12.9. The highest BCUT2D eigenvalue weighted by molar-refractivity contribution is 6.21. The lowest BCUT2D eigenvalue weighted by Crippen LogP contribution is -2.46. The number of rotatable bonds is 5.